The van der Waals surface area contributed by atoms with Gasteiger partial charge in [0.1, 0.15) is 11.4 Å². The standard InChI is InChI=1S/C28H29ClFN5O3/c1-6-7-8-9-19(30)12-21-20(29)13-22-25(33-21)35(24-18(4)10-11-32-23(24)17(2)3)27(37)26(36)34(22)16-28(38-5)14-31-15-28/h1,7-11,13,17,31H,12,14-16H2,2-5H3/b8-7-,19-9+. The number of ether oxygens (including phenoxy) is 1. The molecule has 8 nitrogen and oxygen atoms in total. The molecule has 38 heavy (non-hydrogen) atoms. The van der Waals surface area contributed by atoms with Crippen LogP contribution in [0.25, 0.3) is 16.9 Å². The van der Waals surface area contributed by atoms with Crippen LogP contribution in [0.1, 0.15) is 36.7 Å². The van der Waals surface area contributed by atoms with Gasteiger partial charge in [-0.15, -0.1) is 6.42 Å². The maximum atomic E-state index is 14.7. The number of methoxy groups -OCH3 is 1. The fraction of sp³-hybridized carbons (Fsp3) is 0.357. The van der Waals surface area contributed by atoms with Crippen molar-refractivity contribution in [3.05, 3.63) is 85.1 Å². The Kier molecular flexibility index (Phi) is 7.97. The van der Waals surface area contributed by atoms with Crippen LogP contribution in [-0.4, -0.2) is 44.9 Å². The van der Waals surface area contributed by atoms with Crippen LogP contribution in [0.4, 0.5) is 4.39 Å². The van der Waals surface area contributed by atoms with Gasteiger partial charge in [-0.25, -0.2) is 9.37 Å². The van der Waals surface area contributed by atoms with Gasteiger partial charge in [0.15, 0.2) is 5.65 Å². The maximum absolute atomic E-state index is 14.7. The van der Waals surface area contributed by atoms with Gasteiger partial charge in [-0.2, -0.15) is 0 Å². The molecule has 0 unspecified atom stereocenters. The molecule has 0 aromatic carbocycles. The fourth-order valence-corrected chi connectivity index (χ4v) is 4.71. The van der Waals surface area contributed by atoms with E-state index in [1.807, 2.05) is 20.8 Å². The lowest BCUT2D eigenvalue weighted by atomic mass is 9.96. The molecule has 0 saturated carbocycles. The molecular formula is C28H29ClFN5O3. The summed E-state index contributed by atoms with van der Waals surface area (Å²) in [6, 6.07) is 3.32. The van der Waals surface area contributed by atoms with E-state index < -0.39 is 22.5 Å². The number of nitrogens with zero attached hydrogens (tertiary/aromatic N) is 4. The Hall–Kier alpha value is -3.58. The van der Waals surface area contributed by atoms with Crippen molar-refractivity contribution in [3.8, 4) is 18.0 Å². The molecule has 1 aliphatic heterocycles. The molecule has 0 amide bonds. The van der Waals surface area contributed by atoms with Gasteiger partial charge < -0.3 is 10.1 Å². The van der Waals surface area contributed by atoms with Gasteiger partial charge in [-0.1, -0.05) is 37.4 Å². The van der Waals surface area contributed by atoms with Crippen molar-refractivity contribution >= 4 is 22.8 Å². The van der Waals surface area contributed by atoms with Crippen LogP contribution in [0.15, 0.2) is 52.0 Å². The van der Waals surface area contributed by atoms with Gasteiger partial charge >= 0.3 is 11.1 Å². The molecule has 0 bridgehead atoms. The fourth-order valence-electron chi connectivity index (χ4n) is 4.50. The zero-order valence-corrected chi connectivity index (χ0v) is 22.5. The zero-order valence-electron chi connectivity index (χ0n) is 21.7. The molecule has 0 atom stereocenters. The Bertz CT molecular complexity index is 1600. The Morgan fingerprint density at radius 3 is 2.71 bits per heavy atom. The Morgan fingerprint density at radius 1 is 1.37 bits per heavy atom. The van der Waals surface area contributed by atoms with Gasteiger partial charge in [0.05, 0.1) is 34.2 Å². The molecule has 1 fully saturated rings. The van der Waals surface area contributed by atoms with Crippen LogP contribution < -0.4 is 16.4 Å². The van der Waals surface area contributed by atoms with Crippen LogP contribution in [0.2, 0.25) is 5.02 Å². The minimum absolute atomic E-state index is 0.0535. The minimum atomic E-state index is -0.789. The second-order valence-corrected chi connectivity index (χ2v) is 10.0. The van der Waals surface area contributed by atoms with E-state index in [4.69, 9.17) is 22.8 Å². The van der Waals surface area contributed by atoms with E-state index in [1.165, 1.54) is 27.4 Å². The third-order valence-corrected chi connectivity index (χ3v) is 6.97. The molecule has 1 saturated heterocycles. The maximum Gasteiger partial charge on any atom is 0.322 e. The number of aromatic nitrogens is 4. The summed E-state index contributed by atoms with van der Waals surface area (Å²) in [7, 11) is 1.57. The van der Waals surface area contributed by atoms with Crippen LogP contribution in [0, 0.1) is 19.3 Å². The first-order chi connectivity index (χ1) is 18.1. The summed E-state index contributed by atoms with van der Waals surface area (Å²) in [6.45, 7) is 6.88. The molecule has 4 rings (SSSR count). The quantitative estimate of drug-likeness (QED) is 0.268. The third-order valence-electron chi connectivity index (χ3n) is 6.65. The summed E-state index contributed by atoms with van der Waals surface area (Å²) in [5.74, 6) is 1.72. The summed E-state index contributed by atoms with van der Waals surface area (Å²) >= 11 is 6.57. The number of pyridine rings is 2. The summed E-state index contributed by atoms with van der Waals surface area (Å²) in [4.78, 5) is 36.5. The highest BCUT2D eigenvalue weighted by Crippen LogP contribution is 2.29. The van der Waals surface area contributed by atoms with Crippen LogP contribution >= 0.6 is 11.6 Å². The number of fused-ring (bicyclic) bond motifs is 1. The summed E-state index contributed by atoms with van der Waals surface area (Å²) in [6.07, 6.45) is 10.6. The monoisotopic (exact) mass is 537 g/mol. The van der Waals surface area contributed by atoms with Crippen molar-refractivity contribution in [1.82, 2.24) is 24.4 Å². The summed E-state index contributed by atoms with van der Waals surface area (Å²) < 4.78 is 23.0. The van der Waals surface area contributed by atoms with Crippen molar-refractivity contribution in [2.45, 2.75) is 45.3 Å². The highest BCUT2D eigenvalue weighted by atomic mass is 35.5. The first-order valence-corrected chi connectivity index (χ1v) is 12.5. The number of hydrogen-bond acceptors (Lipinski definition) is 6. The van der Waals surface area contributed by atoms with E-state index in [0.29, 0.717) is 30.0 Å². The first kappa shape index (κ1) is 27.5. The van der Waals surface area contributed by atoms with Crippen LogP contribution in [0.5, 0.6) is 0 Å². The van der Waals surface area contributed by atoms with Crippen molar-refractivity contribution in [2.75, 3.05) is 20.2 Å². The molecule has 4 heterocycles. The molecule has 10 heteroatoms. The number of allylic oxidation sites excluding steroid dienone is 4. The normalized spacial score (nSPS) is 15.3. The molecule has 198 valence electrons. The minimum Gasteiger partial charge on any atom is -0.374 e. The summed E-state index contributed by atoms with van der Waals surface area (Å²) in [5, 5.41) is 3.30. The van der Waals surface area contributed by atoms with E-state index in [-0.39, 0.29) is 35.2 Å². The molecule has 0 aliphatic carbocycles. The second-order valence-electron chi connectivity index (χ2n) is 9.61. The molecule has 1 aliphatic rings. The van der Waals surface area contributed by atoms with Gasteiger partial charge in [0, 0.05) is 32.8 Å². The van der Waals surface area contributed by atoms with E-state index in [1.54, 1.807) is 25.4 Å². The smallest absolute Gasteiger partial charge is 0.322 e. The van der Waals surface area contributed by atoms with E-state index in [0.717, 1.165) is 5.56 Å². The summed E-state index contributed by atoms with van der Waals surface area (Å²) in [5.41, 5.74) is 0.375. The van der Waals surface area contributed by atoms with Gasteiger partial charge in [-0.3, -0.25) is 23.7 Å². The average Bonchev–Trinajstić information content (AvgIpc) is 2.85. The van der Waals surface area contributed by atoms with E-state index >= 15 is 0 Å². The zero-order chi connectivity index (χ0) is 27.6. The Labute approximate surface area is 224 Å². The predicted molar refractivity (Wildman–Crippen MR) is 147 cm³/mol. The largest absolute Gasteiger partial charge is 0.374 e. The number of nitrogens with one attached hydrogen (secondary N) is 1. The second kappa shape index (κ2) is 11.0. The third kappa shape index (κ3) is 5.07. The highest BCUT2D eigenvalue weighted by Gasteiger charge is 2.38. The van der Waals surface area contributed by atoms with E-state index in [2.05, 4.69) is 21.2 Å². The average molecular weight is 538 g/mol. The molecule has 3 aromatic rings. The Balaban J connectivity index is 2.06. The molecular weight excluding hydrogens is 509 g/mol. The topological polar surface area (TPSA) is 91.0 Å². The van der Waals surface area contributed by atoms with Gasteiger partial charge in [-0.05, 0) is 42.7 Å². The number of terminal acetylenes is 1. The highest BCUT2D eigenvalue weighted by molar-refractivity contribution is 6.31. The van der Waals surface area contributed by atoms with Gasteiger partial charge in [0.25, 0.3) is 0 Å². The number of aryl methyl sites for hydroxylation is 1. The number of rotatable bonds is 8. The molecule has 3 aromatic heterocycles. The lowest BCUT2D eigenvalue weighted by Crippen LogP contribution is -2.64. The van der Waals surface area contributed by atoms with Gasteiger partial charge in [0.2, 0.25) is 0 Å². The van der Waals surface area contributed by atoms with Crippen LogP contribution in [0.3, 0.4) is 0 Å². The van der Waals surface area contributed by atoms with Crippen LogP contribution in [-0.2, 0) is 17.7 Å². The lowest BCUT2D eigenvalue weighted by molar-refractivity contribution is -0.0631. The number of halogens is 2. The SMILES string of the molecule is C#C/C=C\C=C(\F)Cc1nc2c(cc1Cl)n(CC1(OC)CNC1)c(=O)c(=O)n2-c1c(C)ccnc1C(C)C. The van der Waals surface area contributed by atoms with Crippen molar-refractivity contribution in [1.29, 1.82) is 0 Å². The molecule has 0 radical (unpaired) electrons. The molecule has 0 spiro atoms. The van der Waals surface area contributed by atoms with E-state index in [9.17, 15) is 14.0 Å². The van der Waals surface area contributed by atoms with Crippen molar-refractivity contribution in [3.63, 3.8) is 0 Å². The van der Waals surface area contributed by atoms with Crippen molar-refractivity contribution in [2.24, 2.45) is 0 Å². The lowest BCUT2D eigenvalue weighted by Gasteiger charge is -2.41. The number of hydrogen-bond donors (Lipinski definition) is 1. The predicted octanol–water partition coefficient (Wildman–Crippen LogP) is 3.60. The first-order valence-electron chi connectivity index (χ1n) is 12.2. The molecule has 1 N–H and O–H groups in total. The van der Waals surface area contributed by atoms with Crippen molar-refractivity contribution < 1.29 is 9.13 Å². The Morgan fingerprint density at radius 2 is 2.11 bits per heavy atom.